The van der Waals surface area contributed by atoms with Crippen molar-refractivity contribution in [3.8, 4) is 11.3 Å². The Balaban J connectivity index is 1.45. The van der Waals surface area contributed by atoms with Crippen LogP contribution in [0.1, 0.15) is 11.1 Å². The van der Waals surface area contributed by atoms with Gasteiger partial charge < -0.3 is 10.6 Å². The van der Waals surface area contributed by atoms with E-state index in [1.807, 2.05) is 37.3 Å². The third-order valence-electron chi connectivity index (χ3n) is 5.10. The maximum absolute atomic E-state index is 12.4. The average molecular weight is 486 g/mol. The van der Waals surface area contributed by atoms with E-state index in [2.05, 4.69) is 25.6 Å². The van der Waals surface area contributed by atoms with Crippen LogP contribution < -0.4 is 10.6 Å². The Kier molecular flexibility index (Phi) is 6.98. The minimum Gasteiger partial charge on any atom is -0.324 e. The highest BCUT2D eigenvalue weighted by Crippen LogP contribution is 2.24. The number of benzene rings is 2. The van der Waals surface area contributed by atoms with Crippen LogP contribution in [-0.4, -0.2) is 35.5 Å². The number of pyridine rings is 1. The predicted octanol–water partition coefficient (Wildman–Crippen LogP) is 4.65. The number of nitrogens with one attached hydrogen (secondary N) is 2. The highest BCUT2D eigenvalue weighted by Gasteiger charge is 2.08. The second-order valence-electron chi connectivity index (χ2n) is 7.83. The first kappa shape index (κ1) is 23.8. The van der Waals surface area contributed by atoms with Crippen molar-refractivity contribution in [2.75, 3.05) is 16.9 Å². The zero-order valence-electron chi connectivity index (χ0n) is 19.1. The number of anilines is 3. The van der Waals surface area contributed by atoms with Crippen molar-refractivity contribution in [1.82, 2.24) is 15.0 Å². The van der Waals surface area contributed by atoms with Gasteiger partial charge in [0.2, 0.25) is 11.9 Å². The fourth-order valence-electron chi connectivity index (χ4n) is 3.23. The Bertz CT molecular complexity index is 1490. The largest absolute Gasteiger partial charge is 0.324 e. The molecular weight excluding hydrogens is 462 g/mol. The molecule has 8 nitrogen and oxygen atoms in total. The molecule has 35 heavy (non-hydrogen) atoms. The summed E-state index contributed by atoms with van der Waals surface area (Å²) in [6, 6.07) is 17.4. The van der Waals surface area contributed by atoms with E-state index in [0.717, 1.165) is 28.8 Å². The summed E-state index contributed by atoms with van der Waals surface area (Å²) in [6.45, 7) is 1.94. The molecule has 2 heterocycles. The van der Waals surface area contributed by atoms with Gasteiger partial charge in [-0.2, -0.15) is 0 Å². The van der Waals surface area contributed by atoms with Crippen molar-refractivity contribution in [2.45, 2.75) is 11.8 Å². The number of nitrogens with zero attached hydrogens (tertiary/aromatic N) is 3. The molecule has 2 aromatic carbocycles. The van der Waals surface area contributed by atoms with E-state index in [0.29, 0.717) is 17.2 Å². The van der Waals surface area contributed by atoms with E-state index in [4.69, 9.17) is 0 Å². The lowest BCUT2D eigenvalue weighted by Crippen LogP contribution is -2.08. The van der Waals surface area contributed by atoms with E-state index in [1.165, 1.54) is 18.2 Å². The molecule has 0 saturated carbocycles. The van der Waals surface area contributed by atoms with E-state index >= 15 is 0 Å². The van der Waals surface area contributed by atoms with Gasteiger partial charge in [0.25, 0.3) is 0 Å². The second kappa shape index (κ2) is 10.3. The van der Waals surface area contributed by atoms with Crippen LogP contribution in [0.4, 0.5) is 17.3 Å². The quantitative estimate of drug-likeness (QED) is 0.366. The predicted molar refractivity (Wildman–Crippen MR) is 137 cm³/mol. The molecule has 0 fully saturated rings. The number of hydrogen-bond acceptors (Lipinski definition) is 7. The Morgan fingerprint density at radius 3 is 2.51 bits per heavy atom. The zero-order valence-corrected chi connectivity index (χ0v) is 20.0. The lowest BCUT2D eigenvalue weighted by molar-refractivity contribution is -0.111. The van der Waals surface area contributed by atoms with Gasteiger partial charge in [-0.3, -0.25) is 9.78 Å². The summed E-state index contributed by atoms with van der Waals surface area (Å²) in [5, 5.41) is 6.04. The molecule has 9 heteroatoms. The number of aromatic nitrogens is 3. The number of amides is 1. The molecule has 0 spiro atoms. The molecule has 1 amide bonds. The van der Waals surface area contributed by atoms with Gasteiger partial charge in [0, 0.05) is 47.9 Å². The molecule has 0 atom stereocenters. The van der Waals surface area contributed by atoms with Gasteiger partial charge in [-0.15, -0.1) is 0 Å². The topological polar surface area (TPSA) is 114 Å². The normalized spacial score (nSPS) is 11.4. The van der Waals surface area contributed by atoms with Gasteiger partial charge in [-0.05, 0) is 66.6 Å². The summed E-state index contributed by atoms with van der Waals surface area (Å²) in [5.74, 6) is 0.109. The molecular formula is C26H23N5O3S. The van der Waals surface area contributed by atoms with E-state index in [-0.39, 0.29) is 10.8 Å². The first-order valence-electron chi connectivity index (χ1n) is 10.7. The van der Waals surface area contributed by atoms with Gasteiger partial charge in [-0.25, -0.2) is 18.4 Å². The van der Waals surface area contributed by atoms with Crippen LogP contribution in [0.25, 0.3) is 17.3 Å². The number of aryl methyl sites for hydroxylation is 1. The number of carbonyl (C=O) groups excluding carboxylic acids is 1. The van der Waals surface area contributed by atoms with Crippen LogP contribution in [0.15, 0.2) is 90.2 Å². The highest BCUT2D eigenvalue weighted by atomic mass is 32.2. The monoisotopic (exact) mass is 485 g/mol. The van der Waals surface area contributed by atoms with Crippen LogP contribution in [0, 0.1) is 6.92 Å². The molecule has 2 aromatic heterocycles. The van der Waals surface area contributed by atoms with Crippen molar-refractivity contribution in [3.05, 3.63) is 96.5 Å². The first-order chi connectivity index (χ1) is 16.8. The molecule has 0 aliphatic rings. The van der Waals surface area contributed by atoms with Crippen LogP contribution >= 0.6 is 0 Å². The van der Waals surface area contributed by atoms with Gasteiger partial charge in [0.1, 0.15) is 0 Å². The molecule has 0 saturated heterocycles. The standard InChI is InChI=1S/C26H23N5O3S/c1-18-5-9-21(29-25(32)12-8-19-6-10-22(11-7-19)35(2,33)34)16-24(18)31-26-28-15-13-23(30-26)20-4-3-14-27-17-20/h3-17H,1-2H3,(H,29,32)(H,28,30,31)/b12-8+. The Morgan fingerprint density at radius 1 is 1.00 bits per heavy atom. The lowest BCUT2D eigenvalue weighted by Gasteiger charge is -2.11. The molecule has 2 N–H and O–H groups in total. The minimum atomic E-state index is -3.26. The smallest absolute Gasteiger partial charge is 0.248 e. The second-order valence-corrected chi connectivity index (χ2v) is 9.84. The van der Waals surface area contributed by atoms with E-state index in [1.54, 1.807) is 42.9 Å². The Morgan fingerprint density at radius 2 is 1.80 bits per heavy atom. The number of sulfone groups is 1. The molecule has 176 valence electrons. The first-order valence-corrected chi connectivity index (χ1v) is 12.6. The maximum Gasteiger partial charge on any atom is 0.248 e. The van der Waals surface area contributed by atoms with Crippen molar-refractivity contribution < 1.29 is 13.2 Å². The van der Waals surface area contributed by atoms with Crippen molar-refractivity contribution in [3.63, 3.8) is 0 Å². The summed E-state index contributed by atoms with van der Waals surface area (Å²) in [7, 11) is -3.26. The van der Waals surface area contributed by atoms with Crippen LogP contribution in [0.5, 0.6) is 0 Å². The van der Waals surface area contributed by atoms with Crippen molar-refractivity contribution in [1.29, 1.82) is 0 Å². The fraction of sp³-hybridized carbons (Fsp3) is 0.0769. The number of rotatable bonds is 7. The van der Waals surface area contributed by atoms with Gasteiger partial charge >= 0.3 is 0 Å². The number of carbonyl (C=O) groups is 1. The Hall–Kier alpha value is -4.37. The third-order valence-corrected chi connectivity index (χ3v) is 6.23. The molecule has 4 aromatic rings. The van der Waals surface area contributed by atoms with Crippen LogP contribution in [0.2, 0.25) is 0 Å². The van der Waals surface area contributed by atoms with Gasteiger partial charge in [-0.1, -0.05) is 18.2 Å². The van der Waals surface area contributed by atoms with Crippen molar-refractivity contribution >= 4 is 39.1 Å². The average Bonchev–Trinajstić information content (AvgIpc) is 2.85. The van der Waals surface area contributed by atoms with Gasteiger partial charge in [0.15, 0.2) is 9.84 Å². The molecule has 0 radical (unpaired) electrons. The highest BCUT2D eigenvalue weighted by molar-refractivity contribution is 7.90. The molecule has 4 rings (SSSR count). The summed E-state index contributed by atoms with van der Waals surface area (Å²) in [5.41, 5.74) is 4.65. The van der Waals surface area contributed by atoms with Gasteiger partial charge in [0.05, 0.1) is 10.6 Å². The molecule has 0 aliphatic carbocycles. The summed E-state index contributed by atoms with van der Waals surface area (Å²) in [6.07, 6.45) is 9.28. The van der Waals surface area contributed by atoms with E-state index in [9.17, 15) is 13.2 Å². The number of hydrogen-bond donors (Lipinski definition) is 2. The fourth-order valence-corrected chi connectivity index (χ4v) is 3.86. The summed E-state index contributed by atoms with van der Waals surface area (Å²) in [4.78, 5) is 25.6. The lowest BCUT2D eigenvalue weighted by atomic mass is 10.1. The summed E-state index contributed by atoms with van der Waals surface area (Å²) >= 11 is 0. The molecule has 0 aliphatic heterocycles. The van der Waals surface area contributed by atoms with Crippen LogP contribution in [0.3, 0.4) is 0 Å². The maximum atomic E-state index is 12.4. The summed E-state index contributed by atoms with van der Waals surface area (Å²) < 4.78 is 23.1. The SMILES string of the molecule is Cc1ccc(NC(=O)/C=C/c2ccc(S(C)(=O)=O)cc2)cc1Nc1nccc(-c2cccnc2)n1. The van der Waals surface area contributed by atoms with Crippen LogP contribution in [-0.2, 0) is 14.6 Å². The molecule has 0 unspecified atom stereocenters. The Labute approximate surface area is 203 Å². The van der Waals surface area contributed by atoms with Crippen molar-refractivity contribution in [2.24, 2.45) is 0 Å². The van der Waals surface area contributed by atoms with E-state index < -0.39 is 9.84 Å². The minimum absolute atomic E-state index is 0.230. The third kappa shape index (κ3) is 6.36. The zero-order chi connectivity index (χ0) is 24.8. The molecule has 0 bridgehead atoms.